The molecular formula is C17H20ClF2N3O2S. The average Bonchev–Trinajstić information content (AvgIpc) is 3.05. The van der Waals surface area contributed by atoms with Crippen LogP contribution in [0, 0.1) is 11.6 Å². The molecule has 0 unspecified atom stereocenters. The number of rotatable bonds is 5. The highest BCUT2D eigenvalue weighted by Crippen LogP contribution is 2.27. The predicted octanol–water partition coefficient (Wildman–Crippen LogP) is 3.14. The number of halogens is 3. The number of amides is 1. The Labute approximate surface area is 160 Å². The zero-order valence-corrected chi connectivity index (χ0v) is 15.8. The topological polar surface area (TPSA) is 63.2 Å². The van der Waals surface area contributed by atoms with E-state index < -0.39 is 17.2 Å². The van der Waals surface area contributed by atoms with Crippen molar-refractivity contribution in [1.82, 2.24) is 10.3 Å². The molecule has 1 saturated heterocycles. The van der Waals surface area contributed by atoms with Crippen LogP contribution in [0.25, 0.3) is 0 Å². The third kappa shape index (κ3) is 4.56. The highest BCUT2D eigenvalue weighted by molar-refractivity contribution is 7.15. The maximum absolute atomic E-state index is 13.3. The number of methoxy groups -OCH3 is 1. The van der Waals surface area contributed by atoms with Crippen LogP contribution in [0.2, 0.25) is 0 Å². The second-order valence-electron chi connectivity index (χ2n) is 5.96. The summed E-state index contributed by atoms with van der Waals surface area (Å²) in [5.74, 6) is -1.94. The number of ether oxygens (including phenoxy) is 1. The van der Waals surface area contributed by atoms with E-state index in [0.717, 1.165) is 24.0 Å². The maximum atomic E-state index is 13.3. The minimum Gasteiger partial charge on any atom is -0.368 e. The van der Waals surface area contributed by atoms with E-state index in [1.807, 2.05) is 0 Å². The van der Waals surface area contributed by atoms with E-state index in [2.05, 4.69) is 15.6 Å². The first-order valence-electron chi connectivity index (χ1n) is 7.98. The van der Waals surface area contributed by atoms with E-state index in [1.165, 1.54) is 23.5 Å². The second kappa shape index (κ2) is 8.85. The number of thiazole rings is 1. The Hall–Kier alpha value is -1.61. The first-order valence-corrected chi connectivity index (χ1v) is 8.80. The number of carbonyl (C=O) groups is 1. The van der Waals surface area contributed by atoms with Gasteiger partial charge in [0.2, 0.25) is 0 Å². The fraction of sp³-hybridized carbons (Fsp3) is 0.412. The smallest absolute Gasteiger partial charge is 0.258 e. The summed E-state index contributed by atoms with van der Waals surface area (Å²) < 4.78 is 31.8. The van der Waals surface area contributed by atoms with Gasteiger partial charge in [0, 0.05) is 24.6 Å². The van der Waals surface area contributed by atoms with Crippen molar-refractivity contribution in [3.63, 3.8) is 0 Å². The first kappa shape index (κ1) is 20.7. The van der Waals surface area contributed by atoms with Crippen LogP contribution in [0.5, 0.6) is 0 Å². The largest absolute Gasteiger partial charge is 0.368 e. The van der Waals surface area contributed by atoms with Gasteiger partial charge in [0.05, 0.1) is 0 Å². The molecule has 1 fully saturated rings. The van der Waals surface area contributed by atoms with Gasteiger partial charge >= 0.3 is 0 Å². The summed E-state index contributed by atoms with van der Waals surface area (Å²) >= 11 is 1.31. The summed E-state index contributed by atoms with van der Waals surface area (Å²) in [6.45, 7) is 1.45. The van der Waals surface area contributed by atoms with Gasteiger partial charge in [0.15, 0.2) is 16.8 Å². The zero-order valence-electron chi connectivity index (χ0n) is 14.2. The van der Waals surface area contributed by atoms with Gasteiger partial charge in [-0.15, -0.1) is 23.7 Å². The molecule has 0 spiro atoms. The van der Waals surface area contributed by atoms with Crippen molar-refractivity contribution < 1.29 is 18.3 Å². The van der Waals surface area contributed by atoms with E-state index in [9.17, 15) is 13.6 Å². The monoisotopic (exact) mass is 403 g/mol. The van der Waals surface area contributed by atoms with Gasteiger partial charge in [0.25, 0.3) is 5.91 Å². The van der Waals surface area contributed by atoms with Crippen molar-refractivity contribution in [3.8, 4) is 0 Å². The molecule has 1 amide bonds. The van der Waals surface area contributed by atoms with E-state index in [1.54, 1.807) is 13.3 Å². The van der Waals surface area contributed by atoms with Crippen LogP contribution in [-0.4, -0.2) is 36.7 Å². The van der Waals surface area contributed by atoms with Crippen LogP contribution in [0.3, 0.4) is 0 Å². The van der Waals surface area contributed by atoms with Gasteiger partial charge in [-0.25, -0.2) is 13.8 Å². The number of anilines is 1. The average molecular weight is 404 g/mol. The van der Waals surface area contributed by atoms with Crippen molar-refractivity contribution >= 4 is 34.8 Å². The fourth-order valence-electron chi connectivity index (χ4n) is 2.86. The van der Waals surface area contributed by atoms with Crippen molar-refractivity contribution in [2.24, 2.45) is 0 Å². The predicted molar refractivity (Wildman–Crippen MR) is 99.0 cm³/mol. The van der Waals surface area contributed by atoms with Gasteiger partial charge in [-0.05, 0) is 43.6 Å². The number of nitrogens with one attached hydrogen (secondary N) is 2. The van der Waals surface area contributed by atoms with Gasteiger partial charge < -0.3 is 10.1 Å². The van der Waals surface area contributed by atoms with Gasteiger partial charge in [0.1, 0.15) is 5.60 Å². The first-order chi connectivity index (χ1) is 12.0. The van der Waals surface area contributed by atoms with Crippen LogP contribution < -0.4 is 10.6 Å². The second-order valence-corrected chi connectivity index (χ2v) is 7.07. The van der Waals surface area contributed by atoms with E-state index in [4.69, 9.17) is 4.74 Å². The molecule has 1 aromatic carbocycles. The van der Waals surface area contributed by atoms with Crippen LogP contribution in [0.1, 0.15) is 23.3 Å². The number of piperidine rings is 1. The molecule has 142 valence electrons. The normalized spacial score (nSPS) is 16.0. The highest BCUT2D eigenvalue weighted by atomic mass is 35.5. The number of carbonyl (C=O) groups excluding carboxylic acids is 1. The minimum atomic E-state index is -0.872. The van der Waals surface area contributed by atoms with Gasteiger partial charge in [-0.2, -0.15) is 0 Å². The number of hydrogen-bond donors (Lipinski definition) is 2. The molecule has 2 aromatic rings. The molecule has 2 heterocycles. The van der Waals surface area contributed by atoms with Crippen molar-refractivity contribution in [2.75, 3.05) is 25.5 Å². The Bertz CT molecular complexity index is 766. The third-order valence-electron chi connectivity index (χ3n) is 4.35. The summed E-state index contributed by atoms with van der Waals surface area (Å²) in [6, 6.07) is 3.81. The van der Waals surface area contributed by atoms with E-state index in [0.29, 0.717) is 30.0 Å². The Morgan fingerprint density at radius 2 is 2.08 bits per heavy atom. The summed E-state index contributed by atoms with van der Waals surface area (Å²) in [7, 11) is 1.54. The Morgan fingerprint density at radius 3 is 2.73 bits per heavy atom. The Morgan fingerprint density at radius 1 is 1.35 bits per heavy atom. The number of hydrogen-bond acceptors (Lipinski definition) is 5. The quantitative estimate of drug-likeness (QED) is 0.805. The number of nitrogens with zero attached hydrogens (tertiary/aromatic N) is 1. The molecule has 1 aliphatic heterocycles. The molecule has 9 heteroatoms. The fourth-order valence-corrected chi connectivity index (χ4v) is 3.71. The molecule has 26 heavy (non-hydrogen) atoms. The lowest BCUT2D eigenvalue weighted by atomic mass is 9.91. The molecule has 0 aliphatic carbocycles. The lowest BCUT2D eigenvalue weighted by molar-refractivity contribution is -0.140. The zero-order chi connectivity index (χ0) is 17.9. The van der Waals surface area contributed by atoms with Crippen molar-refractivity contribution in [3.05, 3.63) is 46.5 Å². The summed E-state index contributed by atoms with van der Waals surface area (Å²) in [6.07, 6.45) is 3.25. The summed E-state index contributed by atoms with van der Waals surface area (Å²) in [5, 5.41) is 6.48. The number of benzene rings is 1. The van der Waals surface area contributed by atoms with Crippen LogP contribution >= 0.6 is 23.7 Å². The molecule has 1 aliphatic rings. The van der Waals surface area contributed by atoms with Gasteiger partial charge in [-0.3, -0.25) is 10.1 Å². The maximum Gasteiger partial charge on any atom is 0.258 e. The molecule has 0 saturated carbocycles. The minimum absolute atomic E-state index is 0. The van der Waals surface area contributed by atoms with Crippen LogP contribution in [0.4, 0.5) is 13.9 Å². The number of aromatic nitrogens is 1. The van der Waals surface area contributed by atoms with Crippen LogP contribution in [-0.2, 0) is 16.0 Å². The Kier molecular flexibility index (Phi) is 7.05. The van der Waals surface area contributed by atoms with E-state index >= 15 is 0 Å². The lowest BCUT2D eigenvalue weighted by Gasteiger charge is -2.34. The van der Waals surface area contributed by atoms with E-state index in [-0.39, 0.29) is 18.3 Å². The Balaban J connectivity index is 0.00000243. The molecule has 0 bridgehead atoms. The molecule has 3 rings (SSSR count). The highest BCUT2D eigenvalue weighted by Gasteiger charge is 2.40. The van der Waals surface area contributed by atoms with Gasteiger partial charge in [-0.1, -0.05) is 6.07 Å². The van der Waals surface area contributed by atoms with Crippen molar-refractivity contribution in [1.29, 1.82) is 0 Å². The third-order valence-corrected chi connectivity index (χ3v) is 5.26. The molecule has 0 atom stereocenters. The molecule has 2 N–H and O–H groups in total. The molecular weight excluding hydrogens is 384 g/mol. The van der Waals surface area contributed by atoms with Crippen LogP contribution in [0.15, 0.2) is 24.4 Å². The standard InChI is InChI=1S/C17H19F2N3O2S.ClH/c1-24-17(4-6-20-7-5-17)15(23)22-16-21-10-12(25-16)8-11-2-3-13(18)14(19)9-11;/h2-3,9-10,20H,4-8H2,1H3,(H,21,22,23);1H. The summed E-state index contributed by atoms with van der Waals surface area (Å²) in [5.41, 5.74) is -0.191. The lowest BCUT2D eigenvalue weighted by Crippen LogP contribution is -2.51. The van der Waals surface area contributed by atoms with Crippen molar-refractivity contribution in [2.45, 2.75) is 24.9 Å². The SMILES string of the molecule is COC1(C(=O)Nc2ncc(Cc3ccc(F)c(F)c3)s2)CCNCC1.Cl. The molecule has 0 radical (unpaired) electrons. The molecule has 1 aromatic heterocycles. The summed E-state index contributed by atoms with van der Waals surface area (Å²) in [4.78, 5) is 17.6. The molecule has 5 nitrogen and oxygen atoms in total.